The molecule has 1 amide bonds. The highest BCUT2D eigenvalue weighted by Crippen LogP contribution is 2.18. The number of para-hydroxylation sites is 1. The van der Waals surface area contributed by atoms with Crippen LogP contribution in [0.1, 0.15) is 35.7 Å². The molecule has 0 radical (unpaired) electrons. The van der Waals surface area contributed by atoms with Crippen LogP contribution in [0.4, 0.5) is 5.69 Å². The molecule has 0 saturated heterocycles. The maximum atomic E-state index is 12.5. The zero-order valence-electron chi connectivity index (χ0n) is 14.8. The molecule has 6 nitrogen and oxygen atoms in total. The van der Waals surface area contributed by atoms with Gasteiger partial charge >= 0.3 is 0 Å². The smallest absolute Gasteiger partial charge is 0.255 e. The molecular weight excluding hydrogens is 350 g/mol. The van der Waals surface area contributed by atoms with Gasteiger partial charge in [0, 0.05) is 19.2 Å². The first-order valence-corrected chi connectivity index (χ1v) is 9.71. The lowest BCUT2D eigenvalue weighted by Crippen LogP contribution is -2.28. The van der Waals surface area contributed by atoms with Crippen LogP contribution in [0.2, 0.25) is 0 Å². The Kier molecular flexibility index (Phi) is 6.50. The molecule has 1 N–H and O–H groups in total. The molecule has 0 aliphatic rings. The number of hydrogen-bond donors (Lipinski definition) is 1. The Morgan fingerprint density at radius 1 is 1.15 bits per heavy atom. The van der Waals surface area contributed by atoms with Gasteiger partial charge in [-0.1, -0.05) is 25.5 Å². The van der Waals surface area contributed by atoms with Gasteiger partial charge in [0.05, 0.1) is 16.1 Å². The standard InChI is InChI=1S/C19H21N3O3S/c1-3-4-13-22(2)26(24,25)17-11-9-15(10-12-17)19(23)21-18-8-6-5-7-16(18)14-20/h5-12H,3-4,13H2,1-2H3,(H,21,23). The molecule has 136 valence electrons. The molecule has 26 heavy (non-hydrogen) atoms. The average Bonchev–Trinajstić information content (AvgIpc) is 2.66. The van der Waals surface area contributed by atoms with E-state index in [9.17, 15) is 13.2 Å². The maximum absolute atomic E-state index is 12.5. The molecule has 2 aromatic carbocycles. The Balaban J connectivity index is 2.16. The molecule has 2 rings (SSSR count). The Labute approximate surface area is 154 Å². The van der Waals surface area contributed by atoms with Gasteiger partial charge in [0.25, 0.3) is 5.91 Å². The highest BCUT2D eigenvalue weighted by Gasteiger charge is 2.20. The Hall–Kier alpha value is -2.69. The quantitative estimate of drug-likeness (QED) is 0.809. The highest BCUT2D eigenvalue weighted by molar-refractivity contribution is 7.89. The summed E-state index contributed by atoms with van der Waals surface area (Å²) in [7, 11) is -2.02. The summed E-state index contributed by atoms with van der Waals surface area (Å²) >= 11 is 0. The van der Waals surface area contributed by atoms with Crippen LogP contribution in [0.3, 0.4) is 0 Å². The topological polar surface area (TPSA) is 90.3 Å². The zero-order valence-corrected chi connectivity index (χ0v) is 15.6. The van der Waals surface area contributed by atoms with E-state index < -0.39 is 15.9 Å². The fourth-order valence-corrected chi connectivity index (χ4v) is 3.55. The van der Waals surface area contributed by atoms with Gasteiger partial charge in [-0.3, -0.25) is 4.79 Å². The number of nitrogens with zero attached hydrogens (tertiary/aromatic N) is 2. The third kappa shape index (κ3) is 4.48. The summed E-state index contributed by atoms with van der Waals surface area (Å²) in [6, 6.07) is 14.5. The van der Waals surface area contributed by atoms with E-state index in [0.29, 0.717) is 23.4 Å². The molecule has 7 heteroatoms. The Bertz CT molecular complexity index is 916. The second-order valence-electron chi connectivity index (χ2n) is 5.82. The van der Waals surface area contributed by atoms with E-state index >= 15 is 0 Å². The van der Waals surface area contributed by atoms with Crippen molar-refractivity contribution in [2.75, 3.05) is 18.9 Å². The van der Waals surface area contributed by atoms with Crippen molar-refractivity contribution in [1.82, 2.24) is 4.31 Å². The first kappa shape index (κ1) is 19.6. The summed E-state index contributed by atoms with van der Waals surface area (Å²) in [6.07, 6.45) is 1.69. The lowest BCUT2D eigenvalue weighted by molar-refractivity contribution is 0.102. The van der Waals surface area contributed by atoms with Gasteiger partial charge in [-0.15, -0.1) is 0 Å². The van der Waals surface area contributed by atoms with Crippen molar-refractivity contribution < 1.29 is 13.2 Å². The van der Waals surface area contributed by atoms with Crippen LogP contribution in [0, 0.1) is 11.3 Å². The average molecular weight is 371 g/mol. The summed E-state index contributed by atoms with van der Waals surface area (Å²) in [5, 5.41) is 11.7. The van der Waals surface area contributed by atoms with E-state index in [1.54, 1.807) is 31.3 Å². The van der Waals surface area contributed by atoms with Crippen molar-refractivity contribution in [3.05, 3.63) is 59.7 Å². The molecule has 0 atom stereocenters. The van der Waals surface area contributed by atoms with E-state index in [1.165, 1.54) is 28.6 Å². The van der Waals surface area contributed by atoms with E-state index in [-0.39, 0.29) is 4.90 Å². The number of hydrogen-bond acceptors (Lipinski definition) is 4. The van der Waals surface area contributed by atoms with E-state index in [0.717, 1.165) is 12.8 Å². The van der Waals surface area contributed by atoms with Crippen molar-refractivity contribution in [2.24, 2.45) is 0 Å². The molecule has 0 aliphatic heterocycles. The van der Waals surface area contributed by atoms with Crippen molar-refractivity contribution in [3.63, 3.8) is 0 Å². The lowest BCUT2D eigenvalue weighted by atomic mass is 10.1. The molecule has 0 bridgehead atoms. The van der Waals surface area contributed by atoms with Gasteiger partial charge in [-0.25, -0.2) is 12.7 Å². The number of nitriles is 1. The minimum atomic E-state index is -3.56. The van der Waals surface area contributed by atoms with Gasteiger partial charge in [0.1, 0.15) is 6.07 Å². The van der Waals surface area contributed by atoms with Crippen LogP contribution in [0.25, 0.3) is 0 Å². The third-order valence-electron chi connectivity index (χ3n) is 3.95. The van der Waals surface area contributed by atoms with Crippen molar-refractivity contribution >= 4 is 21.6 Å². The van der Waals surface area contributed by atoms with Crippen molar-refractivity contribution in [1.29, 1.82) is 5.26 Å². The number of rotatable bonds is 7. The number of anilines is 1. The number of carbonyl (C=O) groups excluding carboxylic acids is 1. The molecular formula is C19H21N3O3S. The predicted molar refractivity (Wildman–Crippen MR) is 100 cm³/mol. The number of benzene rings is 2. The number of unbranched alkanes of at least 4 members (excludes halogenated alkanes) is 1. The van der Waals surface area contributed by atoms with Crippen molar-refractivity contribution in [2.45, 2.75) is 24.7 Å². The first-order valence-electron chi connectivity index (χ1n) is 8.27. The van der Waals surface area contributed by atoms with Crippen molar-refractivity contribution in [3.8, 4) is 6.07 Å². The van der Waals surface area contributed by atoms with Crippen LogP contribution in [0.5, 0.6) is 0 Å². The molecule has 0 saturated carbocycles. The molecule has 0 unspecified atom stereocenters. The van der Waals surface area contributed by atoms with Crippen LogP contribution >= 0.6 is 0 Å². The summed E-state index contributed by atoms with van der Waals surface area (Å²) in [4.78, 5) is 12.5. The Morgan fingerprint density at radius 2 is 1.81 bits per heavy atom. The second-order valence-corrected chi connectivity index (χ2v) is 7.86. The van der Waals surface area contributed by atoms with Crippen LogP contribution < -0.4 is 5.32 Å². The summed E-state index contributed by atoms with van der Waals surface area (Å²) in [6.45, 7) is 2.45. The fourth-order valence-electron chi connectivity index (χ4n) is 2.34. The van der Waals surface area contributed by atoms with Gasteiger partial charge < -0.3 is 5.32 Å². The summed E-state index contributed by atoms with van der Waals surface area (Å²) in [5.41, 5.74) is 1.08. The SMILES string of the molecule is CCCCN(C)S(=O)(=O)c1ccc(C(=O)Nc2ccccc2C#N)cc1. The number of nitrogens with one attached hydrogen (secondary N) is 1. The highest BCUT2D eigenvalue weighted by atomic mass is 32.2. The van der Waals surface area contributed by atoms with Gasteiger partial charge in [-0.05, 0) is 42.8 Å². The van der Waals surface area contributed by atoms with Crippen LogP contribution in [0.15, 0.2) is 53.4 Å². The molecule has 0 aromatic heterocycles. The van der Waals surface area contributed by atoms with E-state index in [1.807, 2.05) is 13.0 Å². The molecule has 0 fully saturated rings. The molecule has 2 aromatic rings. The van der Waals surface area contributed by atoms with Crippen LogP contribution in [-0.4, -0.2) is 32.2 Å². The summed E-state index contributed by atoms with van der Waals surface area (Å²) in [5.74, 6) is -0.406. The monoisotopic (exact) mass is 371 g/mol. The minimum absolute atomic E-state index is 0.144. The zero-order chi connectivity index (χ0) is 19.2. The lowest BCUT2D eigenvalue weighted by Gasteiger charge is -2.17. The molecule has 0 aliphatic carbocycles. The Morgan fingerprint density at radius 3 is 2.42 bits per heavy atom. The van der Waals surface area contributed by atoms with Gasteiger partial charge in [-0.2, -0.15) is 5.26 Å². The number of amides is 1. The maximum Gasteiger partial charge on any atom is 0.255 e. The molecule has 0 heterocycles. The normalized spacial score (nSPS) is 11.2. The molecule has 0 spiro atoms. The minimum Gasteiger partial charge on any atom is -0.321 e. The first-order chi connectivity index (χ1) is 12.4. The fraction of sp³-hybridized carbons (Fsp3) is 0.263. The van der Waals surface area contributed by atoms with Gasteiger partial charge in [0.15, 0.2) is 0 Å². The second kappa shape index (κ2) is 8.61. The predicted octanol–water partition coefficient (Wildman–Crippen LogP) is 3.23. The largest absolute Gasteiger partial charge is 0.321 e. The van der Waals surface area contributed by atoms with Gasteiger partial charge in [0.2, 0.25) is 10.0 Å². The van der Waals surface area contributed by atoms with E-state index in [2.05, 4.69) is 5.32 Å². The number of carbonyl (C=O) groups is 1. The summed E-state index contributed by atoms with van der Waals surface area (Å²) < 4.78 is 26.3. The number of sulfonamides is 1. The van der Waals surface area contributed by atoms with Crippen LogP contribution in [-0.2, 0) is 10.0 Å². The third-order valence-corrected chi connectivity index (χ3v) is 5.82. The van der Waals surface area contributed by atoms with E-state index in [4.69, 9.17) is 5.26 Å².